The van der Waals surface area contributed by atoms with Gasteiger partial charge < -0.3 is 4.90 Å². The van der Waals surface area contributed by atoms with Gasteiger partial charge in [-0.05, 0) is 32.2 Å². The summed E-state index contributed by atoms with van der Waals surface area (Å²) in [7, 11) is 0. The molecule has 0 aromatic heterocycles. The fourth-order valence-corrected chi connectivity index (χ4v) is 4.69. The Bertz CT molecular complexity index is 423. The zero-order chi connectivity index (χ0) is 21.9. The SMILES string of the molecule is C=CCCCN1CCN(C(=O)CCCCCCCCCCCCCCC)CC1CC. The molecule has 176 valence electrons. The fraction of sp³-hybridized carbons (Fsp3) is 0.889. The van der Waals surface area contributed by atoms with Crippen molar-refractivity contribution in [1.82, 2.24) is 9.80 Å². The van der Waals surface area contributed by atoms with Crippen LogP contribution >= 0.6 is 0 Å². The van der Waals surface area contributed by atoms with Crippen LogP contribution in [0, 0.1) is 0 Å². The second-order valence-corrected chi connectivity index (χ2v) is 9.36. The predicted octanol–water partition coefficient (Wildman–Crippen LogP) is 7.36. The highest BCUT2D eigenvalue weighted by Crippen LogP contribution is 2.17. The Balaban J connectivity index is 1.99. The minimum atomic E-state index is 0.391. The van der Waals surface area contributed by atoms with Gasteiger partial charge in [-0.15, -0.1) is 6.58 Å². The van der Waals surface area contributed by atoms with Gasteiger partial charge >= 0.3 is 0 Å². The number of rotatable bonds is 19. The number of hydrogen-bond acceptors (Lipinski definition) is 2. The largest absolute Gasteiger partial charge is 0.340 e. The number of carbonyl (C=O) groups excluding carboxylic acids is 1. The van der Waals surface area contributed by atoms with E-state index in [2.05, 4.69) is 30.2 Å². The molecule has 0 radical (unpaired) electrons. The number of allylic oxidation sites excluding steroid dienone is 1. The molecule has 0 saturated carbocycles. The van der Waals surface area contributed by atoms with Crippen molar-refractivity contribution in [3.8, 4) is 0 Å². The van der Waals surface area contributed by atoms with Crippen LogP contribution in [-0.2, 0) is 4.79 Å². The van der Waals surface area contributed by atoms with Crippen LogP contribution in [0.5, 0.6) is 0 Å². The lowest BCUT2D eigenvalue weighted by Gasteiger charge is -2.41. The molecule has 1 aliphatic heterocycles. The Morgan fingerprint density at radius 3 is 1.93 bits per heavy atom. The molecule has 1 unspecified atom stereocenters. The third-order valence-electron chi connectivity index (χ3n) is 6.78. The van der Waals surface area contributed by atoms with Crippen LogP contribution in [0.15, 0.2) is 12.7 Å². The van der Waals surface area contributed by atoms with Crippen molar-refractivity contribution >= 4 is 5.91 Å². The molecule has 1 heterocycles. The highest BCUT2D eigenvalue weighted by molar-refractivity contribution is 5.76. The number of unbranched alkanes of at least 4 members (excludes halogenated alkanes) is 13. The van der Waals surface area contributed by atoms with Crippen molar-refractivity contribution in [1.29, 1.82) is 0 Å². The molecule has 1 fully saturated rings. The van der Waals surface area contributed by atoms with Crippen molar-refractivity contribution in [2.75, 3.05) is 26.2 Å². The van der Waals surface area contributed by atoms with E-state index in [1.165, 1.54) is 83.5 Å². The Kier molecular flexibility index (Phi) is 17.1. The second-order valence-electron chi connectivity index (χ2n) is 9.36. The monoisotopic (exact) mass is 420 g/mol. The number of carbonyl (C=O) groups is 1. The van der Waals surface area contributed by atoms with Crippen molar-refractivity contribution < 1.29 is 4.79 Å². The number of hydrogen-bond donors (Lipinski definition) is 0. The molecular formula is C27H52N2O. The lowest BCUT2D eigenvalue weighted by atomic mass is 10.0. The molecule has 1 amide bonds. The normalized spacial score (nSPS) is 17.4. The zero-order valence-electron chi connectivity index (χ0n) is 20.5. The molecule has 0 bridgehead atoms. The second kappa shape index (κ2) is 18.9. The van der Waals surface area contributed by atoms with Crippen LogP contribution in [0.4, 0.5) is 0 Å². The summed E-state index contributed by atoms with van der Waals surface area (Å²) in [6, 6.07) is 0.541. The molecule has 0 aromatic rings. The average molecular weight is 421 g/mol. The van der Waals surface area contributed by atoms with E-state index in [1.807, 2.05) is 6.08 Å². The van der Waals surface area contributed by atoms with Crippen LogP contribution in [0.25, 0.3) is 0 Å². The Hall–Kier alpha value is -0.830. The maximum absolute atomic E-state index is 12.6. The highest BCUT2D eigenvalue weighted by atomic mass is 16.2. The first-order chi connectivity index (χ1) is 14.7. The van der Waals surface area contributed by atoms with Crippen LogP contribution < -0.4 is 0 Å². The minimum absolute atomic E-state index is 0.391. The number of amides is 1. The van der Waals surface area contributed by atoms with Gasteiger partial charge in [-0.2, -0.15) is 0 Å². The van der Waals surface area contributed by atoms with Crippen molar-refractivity contribution in [3.63, 3.8) is 0 Å². The van der Waals surface area contributed by atoms with E-state index in [4.69, 9.17) is 0 Å². The molecule has 0 aromatic carbocycles. The van der Waals surface area contributed by atoms with Gasteiger partial charge in [0.25, 0.3) is 0 Å². The van der Waals surface area contributed by atoms with Crippen LogP contribution in [0.2, 0.25) is 0 Å². The van der Waals surface area contributed by atoms with Gasteiger partial charge in [-0.1, -0.05) is 97.0 Å². The number of nitrogens with zero attached hydrogens (tertiary/aromatic N) is 2. The average Bonchev–Trinajstić information content (AvgIpc) is 2.77. The van der Waals surface area contributed by atoms with Crippen molar-refractivity contribution in [2.24, 2.45) is 0 Å². The smallest absolute Gasteiger partial charge is 0.222 e. The molecule has 1 atom stereocenters. The molecule has 1 aliphatic rings. The summed E-state index contributed by atoms with van der Waals surface area (Å²) in [4.78, 5) is 17.3. The van der Waals surface area contributed by atoms with Crippen LogP contribution in [0.3, 0.4) is 0 Å². The Labute approximate surface area is 188 Å². The van der Waals surface area contributed by atoms with Crippen molar-refractivity contribution in [3.05, 3.63) is 12.7 Å². The molecule has 3 nitrogen and oxygen atoms in total. The van der Waals surface area contributed by atoms with Crippen LogP contribution in [-0.4, -0.2) is 47.9 Å². The lowest BCUT2D eigenvalue weighted by Crippen LogP contribution is -2.54. The molecule has 0 aliphatic carbocycles. The van der Waals surface area contributed by atoms with Gasteiger partial charge in [0.1, 0.15) is 0 Å². The predicted molar refractivity (Wildman–Crippen MR) is 132 cm³/mol. The molecule has 0 spiro atoms. The highest BCUT2D eigenvalue weighted by Gasteiger charge is 2.27. The van der Waals surface area contributed by atoms with E-state index in [-0.39, 0.29) is 0 Å². The van der Waals surface area contributed by atoms with E-state index in [0.717, 1.165) is 51.9 Å². The fourth-order valence-electron chi connectivity index (χ4n) is 4.69. The molecule has 0 N–H and O–H groups in total. The summed E-state index contributed by atoms with van der Waals surface area (Å²) in [5.74, 6) is 0.391. The summed E-state index contributed by atoms with van der Waals surface area (Å²) in [5, 5.41) is 0. The van der Waals surface area contributed by atoms with Crippen LogP contribution in [0.1, 0.15) is 123 Å². The molecule has 1 saturated heterocycles. The van der Waals surface area contributed by atoms with Gasteiger partial charge in [0.05, 0.1) is 0 Å². The lowest BCUT2D eigenvalue weighted by molar-refractivity contribution is -0.134. The van der Waals surface area contributed by atoms with E-state index < -0.39 is 0 Å². The topological polar surface area (TPSA) is 23.6 Å². The van der Waals surface area contributed by atoms with Gasteiger partial charge in [0.2, 0.25) is 5.91 Å². The molecule has 30 heavy (non-hydrogen) atoms. The summed E-state index contributed by atoms with van der Waals surface area (Å²) >= 11 is 0. The van der Waals surface area contributed by atoms with E-state index in [9.17, 15) is 4.79 Å². The minimum Gasteiger partial charge on any atom is -0.340 e. The first kappa shape index (κ1) is 27.2. The third-order valence-corrected chi connectivity index (χ3v) is 6.78. The van der Waals surface area contributed by atoms with Gasteiger partial charge in [0, 0.05) is 32.1 Å². The van der Waals surface area contributed by atoms with E-state index >= 15 is 0 Å². The zero-order valence-corrected chi connectivity index (χ0v) is 20.5. The quantitative estimate of drug-likeness (QED) is 0.161. The summed E-state index contributed by atoms with van der Waals surface area (Å²) < 4.78 is 0. The van der Waals surface area contributed by atoms with E-state index in [0.29, 0.717) is 11.9 Å². The molecular weight excluding hydrogens is 368 g/mol. The molecule has 3 heteroatoms. The third kappa shape index (κ3) is 12.8. The first-order valence-electron chi connectivity index (χ1n) is 13.4. The summed E-state index contributed by atoms with van der Waals surface area (Å²) in [5.41, 5.74) is 0. The first-order valence-corrected chi connectivity index (χ1v) is 13.4. The summed E-state index contributed by atoms with van der Waals surface area (Å²) in [6.07, 6.45) is 23.8. The van der Waals surface area contributed by atoms with Crippen molar-refractivity contribution in [2.45, 2.75) is 129 Å². The molecule has 1 rings (SSSR count). The maximum Gasteiger partial charge on any atom is 0.222 e. The van der Waals surface area contributed by atoms with Gasteiger partial charge in [-0.25, -0.2) is 0 Å². The van der Waals surface area contributed by atoms with Gasteiger partial charge in [0.15, 0.2) is 0 Å². The Morgan fingerprint density at radius 1 is 0.833 bits per heavy atom. The van der Waals surface area contributed by atoms with E-state index in [1.54, 1.807) is 0 Å². The Morgan fingerprint density at radius 2 is 1.40 bits per heavy atom. The van der Waals surface area contributed by atoms with Gasteiger partial charge in [-0.3, -0.25) is 9.69 Å². The maximum atomic E-state index is 12.6. The standard InChI is InChI=1S/C27H52N2O/c1-4-7-9-10-11-12-13-14-15-16-17-18-19-21-27(30)29-24-23-28(22-20-8-5-2)26(6-3)25-29/h5,26H,2,4,6-25H2,1,3H3. The number of piperazine rings is 1. The summed E-state index contributed by atoms with van der Waals surface area (Å²) in [6.45, 7) is 12.4.